The summed E-state index contributed by atoms with van der Waals surface area (Å²) in [4.78, 5) is 37.0. The van der Waals surface area contributed by atoms with E-state index < -0.39 is 5.97 Å². The molecule has 0 fully saturated rings. The fourth-order valence-electron chi connectivity index (χ4n) is 4.75. The Bertz CT molecular complexity index is 1630. The summed E-state index contributed by atoms with van der Waals surface area (Å²) in [6, 6.07) is 27.0. The number of rotatable bonds is 4. The molecule has 6 rings (SSSR count). The summed E-state index contributed by atoms with van der Waals surface area (Å²) in [5.74, 6) is -0.500. The lowest BCUT2D eigenvalue weighted by molar-refractivity contribution is 0.0595. The van der Waals surface area contributed by atoms with Crippen LogP contribution in [-0.2, 0) is 11.2 Å². The first kappa shape index (κ1) is 23.8. The number of para-hydroxylation sites is 1. The molecule has 0 saturated carbocycles. The highest BCUT2D eigenvalue weighted by Gasteiger charge is 2.25. The number of nitrogens with one attached hydrogen (secondary N) is 1. The molecular weight excluding hydrogens is 496 g/mol. The van der Waals surface area contributed by atoms with Gasteiger partial charge in [0.05, 0.1) is 23.0 Å². The molecule has 3 aromatic carbocycles. The number of anilines is 2. The molecule has 5 aromatic rings. The average molecular weight is 521 g/mol. The Morgan fingerprint density at radius 1 is 0.921 bits per heavy atom. The van der Waals surface area contributed by atoms with E-state index in [4.69, 9.17) is 9.72 Å². The van der Waals surface area contributed by atoms with Gasteiger partial charge in [-0.15, -0.1) is 0 Å². The molecule has 1 aliphatic heterocycles. The monoisotopic (exact) mass is 520 g/mol. The minimum absolute atomic E-state index is 0.218. The number of ether oxygens (including phenoxy) is 1. The molecule has 0 spiro atoms. The first-order chi connectivity index (χ1) is 18.6. The van der Waals surface area contributed by atoms with Gasteiger partial charge in [-0.1, -0.05) is 65.9 Å². The maximum atomic E-state index is 13.3. The smallest absolute Gasteiger partial charge is 0.357 e. The van der Waals surface area contributed by atoms with Gasteiger partial charge in [0.1, 0.15) is 0 Å². The molecule has 38 heavy (non-hydrogen) atoms. The number of carbonyl (C=O) groups excluding carboxylic acids is 2. The van der Waals surface area contributed by atoms with Crippen LogP contribution in [0.4, 0.5) is 15.6 Å². The van der Waals surface area contributed by atoms with Gasteiger partial charge in [-0.05, 0) is 54.3 Å². The van der Waals surface area contributed by atoms with Crippen LogP contribution in [-0.4, -0.2) is 35.6 Å². The van der Waals surface area contributed by atoms with E-state index >= 15 is 0 Å². The van der Waals surface area contributed by atoms with Crippen molar-refractivity contribution in [1.82, 2.24) is 9.97 Å². The second kappa shape index (κ2) is 10.1. The standard InChI is InChI=1S/C30H24N4O3S/c1-37-28(35)27-22(19-8-3-2-4-9-19)15-16-23(31-27)21-14-13-20-10-7-17-34(25(20)18-21)30(36)33-29-32-24-11-5-6-12-26(24)38-29/h2-6,8-9,11-16,18H,7,10,17H2,1H3,(H,32,33,36). The van der Waals surface area contributed by atoms with Crippen molar-refractivity contribution in [2.75, 3.05) is 23.9 Å². The molecule has 1 aliphatic rings. The summed E-state index contributed by atoms with van der Waals surface area (Å²) >= 11 is 1.45. The van der Waals surface area contributed by atoms with E-state index in [1.165, 1.54) is 18.4 Å². The fraction of sp³-hybridized carbons (Fsp3) is 0.133. The fourth-order valence-corrected chi connectivity index (χ4v) is 5.61. The molecule has 0 atom stereocenters. The highest BCUT2D eigenvalue weighted by Crippen LogP contribution is 2.34. The lowest BCUT2D eigenvalue weighted by Gasteiger charge is -2.29. The number of hydrogen-bond donors (Lipinski definition) is 1. The molecular formula is C30H24N4O3S. The van der Waals surface area contributed by atoms with Crippen molar-refractivity contribution in [3.05, 3.63) is 96.2 Å². The number of urea groups is 1. The summed E-state index contributed by atoms with van der Waals surface area (Å²) < 4.78 is 6.06. The largest absolute Gasteiger partial charge is 0.464 e. The summed E-state index contributed by atoms with van der Waals surface area (Å²) in [6.07, 6.45) is 1.75. The number of esters is 1. The van der Waals surface area contributed by atoms with E-state index in [-0.39, 0.29) is 11.7 Å². The Morgan fingerprint density at radius 2 is 1.74 bits per heavy atom. The molecule has 1 N–H and O–H groups in total. The van der Waals surface area contributed by atoms with Gasteiger partial charge < -0.3 is 4.74 Å². The Balaban J connectivity index is 1.34. The molecule has 0 bridgehead atoms. The zero-order valence-corrected chi connectivity index (χ0v) is 21.5. The van der Waals surface area contributed by atoms with E-state index in [1.807, 2.05) is 84.9 Å². The first-order valence-electron chi connectivity index (χ1n) is 12.3. The van der Waals surface area contributed by atoms with Crippen LogP contribution in [0.15, 0.2) is 84.9 Å². The van der Waals surface area contributed by atoms with Crippen molar-refractivity contribution in [1.29, 1.82) is 0 Å². The van der Waals surface area contributed by atoms with Crippen molar-refractivity contribution < 1.29 is 14.3 Å². The van der Waals surface area contributed by atoms with Crippen molar-refractivity contribution in [2.45, 2.75) is 12.8 Å². The predicted octanol–water partition coefficient (Wildman–Crippen LogP) is 6.80. The van der Waals surface area contributed by atoms with Crippen LogP contribution < -0.4 is 10.2 Å². The molecule has 7 nitrogen and oxygen atoms in total. The van der Waals surface area contributed by atoms with E-state index in [2.05, 4.69) is 10.3 Å². The van der Waals surface area contributed by atoms with Crippen LogP contribution >= 0.6 is 11.3 Å². The van der Waals surface area contributed by atoms with E-state index in [1.54, 1.807) is 4.90 Å². The van der Waals surface area contributed by atoms with Gasteiger partial charge in [0, 0.05) is 23.4 Å². The summed E-state index contributed by atoms with van der Waals surface area (Å²) in [7, 11) is 1.35. The number of benzene rings is 3. The Kier molecular flexibility index (Phi) is 6.31. The minimum atomic E-state index is -0.500. The SMILES string of the molecule is COC(=O)c1nc(-c2ccc3c(c2)N(C(=O)Nc2nc4ccccc4s2)CCC3)ccc1-c1ccccc1. The van der Waals surface area contributed by atoms with Crippen LogP contribution in [0.25, 0.3) is 32.6 Å². The molecule has 2 aromatic heterocycles. The third kappa shape index (κ3) is 4.50. The number of aromatic nitrogens is 2. The van der Waals surface area contributed by atoms with E-state index in [0.29, 0.717) is 22.9 Å². The lowest BCUT2D eigenvalue weighted by atomic mass is 9.97. The van der Waals surface area contributed by atoms with Crippen LogP contribution in [0.3, 0.4) is 0 Å². The molecule has 0 unspecified atom stereocenters. The molecule has 8 heteroatoms. The number of methoxy groups -OCH3 is 1. The lowest BCUT2D eigenvalue weighted by Crippen LogP contribution is -2.38. The number of amides is 2. The second-order valence-corrected chi connectivity index (χ2v) is 10.00. The molecule has 3 heterocycles. The summed E-state index contributed by atoms with van der Waals surface area (Å²) in [5.41, 5.74) is 6.07. The minimum Gasteiger partial charge on any atom is -0.464 e. The predicted molar refractivity (Wildman–Crippen MR) is 151 cm³/mol. The quantitative estimate of drug-likeness (QED) is 0.264. The Morgan fingerprint density at radius 3 is 2.55 bits per heavy atom. The maximum Gasteiger partial charge on any atom is 0.357 e. The highest BCUT2D eigenvalue weighted by atomic mass is 32.1. The number of pyridine rings is 1. The van der Waals surface area contributed by atoms with Gasteiger partial charge >= 0.3 is 12.0 Å². The van der Waals surface area contributed by atoms with Gasteiger partial charge in [0.2, 0.25) is 0 Å². The second-order valence-electron chi connectivity index (χ2n) is 8.97. The number of fused-ring (bicyclic) bond motifs is 2. The number of hydrogen-bond acceptors (Lipinski definition) is 6. The number of aryl methyl sites for hydroxylation is 1. The Hall–Kier alpha value is -4.56. The third-order valence-electron chi connectivity index (χ3n) is 6.61. The van der Waals surface area contributed by atoms with Crippen molar-refractivity contribution in [3.63, 3.8) is 0 Å². The van der Waals surface area contributed by atoms with Crippen molar-refractivity contribution >= 4 is 44.4 Å². The zero-order chi connectivity index (χ0) is 26.1. The summed E-state index contributed by atoms with van der Waals surface area (Å²) in [5, 5.41) is 3.55. The van der Waals surface area contributed by atoms with Gasteiger partial charge in [-0.2, -0.15) is 0 Å². The number of carbonyl (C=O) groups is 2. The molecule has 0 aliphatic carbocycles. The Labute approximate surface area is 223 Å². The van der Waals surface area contributed by atoms with Crippen LogP contribution in [0.2, 0.25) is 0 Å². The van der Waals surface area contributed by atoms with Gasteiger partial charge in [0.25, 0.3) is 0 Å². The van der Waals surface area contributed by atoms with Crippen LogP contribution in [0, 0.1) is 0 Å². The van der Waals surface area contributed by atoms with Crippen molar-refractivity contribution in [2.24, 2.45) is 0 Å². The molecule has 0 radical (unpaired) electrons. The van der Waals surface area contributed by atoms with Crippen molar-refractivity contribution in [3.8, 4) is 22.4 Å². The van der Waals surface area contributed by atoms with Crippen LogP contribution in [0.5, 0.6) is 0 Å². The number of thiazole rings is 1. The van der Waals surface area contributed by atoms with E-state index in [0.717, 1.165) is 45.4 Å². The van der Waals surface area contributed by atoms with Gasteiger partial charge in [-0.25, -0.2) is 19.6 Å². The maximum absolute atomic E-state index is 13.3. The molecule has 2 amide bonds. The zero-order valence-electron chi connectivity index (χ0n) is 20.7. The average Bonchev–Trinajstić information content (AvgIpc) is 3.38. The third-order valence-corrected chi connectivity index (χ3v) is 7.56. The first-order valence-corrected chi connectivity index (χ1v) is 13.1. The van der Waals surface area contributed by atoms with Crippen LogP contribution in [0.1, 0.15) is 22.5 Å². The van der Waals surface area contributed by atoms with Gasteiger partial charge in [0.15, 0.2) is 10.8 Å². The molecule has 0 saturated heterocycles. The topological polar surface area (TPSA) is 84.4 Å². The normalized spacial score (nSPS) is 12.7. The summed E-state index contributed by atoms with van der Waals surface area (Å²) in [6.45, 7) is 0.598. The number of nitrogens with zero attached hydrogens (tertiary/aromatic N) is 3. The highest BCUT2D eigenvalue weighted by molar-refractivity contribution is 7.22. The van der Waals surface area contributed by atoms with Gasteiger partial charge in [-0.3, -0.25) is 10.2 Å². The molecule has 188 valence electrons. The van der Waals surface area contributed by atoms with E-state index in [9.17, 15) is 9.59 Å².